The smallest absolute Gasteiger partial charge is 0.219 e. The minimum Gasteiger partial charge on any atom is -0.378 e. The average Bonchev–Trinajstić information content (AvgIpc) is 3.12. The summed E-state index contributed by atoms with van der Waals surface area (Å²) in [4.78, 5) is 21.7. The number of amides is 1. The largest absolute Gasteiger partial charge is 0.378 e. The summed E-state index contributed by atoms with van der Waals surface area (Å²) in [6.45, 7) is 6.03. The van der Waals surface area contributed by atoms with Crippen LogP contribution in [0, 0.1) is 0 Å². The molecule has 1 aromatic carbocycles. The van der Waals surface area contributed by atoms with E-state index in [4.69, 9.17) is 4.74 Å². The zero-order valence-corrected chi connectivity index (χ0v) is 14.8. The lowest BCUT2D eigenvalue weighted by atomic mass is 10.1. The lowest BCUT2D eigenvalue weighted by Crippen LogP contribution is -2.36. The van der Waals surface area contributed by atoms with Crippen LogP contribution in [-0.4, -0.2) is 48.7 Å². The fraction of sp³-hybridized carbons (Fsp3) is 0.474. The van der Waals surface area contributed by atoms with Crippen LogP contribution in [-0.2, 0) is 16.0 Å². The molecule has 2 heterocycles. The SMILES string of the molecule is CCCC(=O)NCCc1cnc(-c2cccc(N3CCOCC3)c2)[nH]1. The Hall–Kier alpha value is -2.34. The Morgan fingerprint density at radius 1 is 1.36 bits per heavy atom. The topological polar surface area (TPSA) is 70.2 Å². The van der Waals surface area contributed by atoms with Gasteiger partial charge in [-0.15, -0.1) is 0 Å². The minimum atomic E-state index is 0.112. The van der Waals surface area contributed by atoms with Crippen molar-refractivity contribution in [3.8, 4) is 11.4 Å². The number of anilines is 1. The number of hydrogen-bond acceptors (Lipinski definition) is 4. The number of ether oxygens (including phenoxy) is 1. The highest BCUT2D eigenvalue weighted by Crippen LogP contribution is 2.23. The fourth-order valence-corrected chi connectivity index (χ4v) is 2.96. The molecular weight excluding hydrogens is 316 g/mol. The normalized spacial score (nSPS) is 14.5. The first-order chi connectivity index (χ1) is 12.3. The summed E-state index contributed by atoms with van der Waals surface area (Å²) < 4.78 is 5.42. The van der Waals surface area contributed by atoms with Gasteiger partial charge in [0, 0.05) is 55.6 Å². The average molecular weight is 342 g/mol. The number of carbonyl (C=O) groups is 1. The van der Waals surface area contributed by atoms with Gasteiger partial charge in [0.1, 0.15) is 5.82 Å². The molecule has 0 aliphatic carbocycles. The second-order valence-electron chi connectivity index (χ2n) is 6.26. The number of nitrogens with one attached hydrogen (secondary N) is 2. The number of carbonyl (C=O) groups excluding carboxylic acids is 1. The summed E-state index contributed by atoms with van der Waals surface area (Å²) >= 11 is 0. The number of aromatic amines is 1. The van der Waals surface area contributed by atoms with Crippen molar-refractivity contribution in [2.75, 3.05) is 37.7 Å². The van der Waals surface area contributed by atoms with Gasteiger partial charge in [-0.2, -0.15) is 0 Å². The number of rotatable bonds is 7. The van der Waals surface area contributed by atoms with Gasteiger partial charge < -0.3 is 19.9 Å². The second kappa shape index (κ2) is 8.67. The van der Waals surface area contributed by atoms with Crippen LogP contribution in [0.5, 0.6) is 0 Å². The molecule has 0 spiro atoms. The number of imidazole rings is 1. The Bertz CT molecular complexity index is 692. The quantitative estimate of drug-likeness (QED) is 0.810. The molecule has 6 heteroatoms. The van der Waals surface area contributed by atoms with Crippen molar-refractivity contribution in [2.24, 2.45) is 0 Å². The van der Waals surface area contributed by atoms with Gasteiger partial charge in [0.05, 0.1) is 13.2 Å². The van der Waals surface area contributed by atoms with E-state index in [2.05, 4.69) is 44.5 Å². The van der Waals surface area contributed by atoms with E-state index in [1.165, 1.54) is 5.69 Å². The van der Waals surface area contributed by atoms with Crippen molar-refractivity contribution >= 4 is 11.6 Å². The van der Waals surface area contributed by atoms with Gasteiger partial charge in [-0.1, -0.05) is 19.1 Å². The summed E-state index contributed by atoms with van der Waals surface area (Å²) in [6.07, 6.45) is 4.07. The van der Waals surface area contributed by atoms with Gasteiger partial charge in [0.2, 0.25) is 5.91 Å². The van der Waals surface area contributed by atoms with Crippen LogP contribution in [0.1, 0.15) is 25.5 Å². The van der Waals surface area contributed by atoms with Gasteiger partial charge in [0.25, 0.3) is 0 Å². The highest BCUT2D eigenvalue weighted by Gasteiger charge is 2.12. The highest BCUT2D eigenvalue weighted by molar-refractivity contribution is 5.75. The predicted molar refractivity (Wildman–Crippen MR) is 98.7 cm³/mol. The molecule has 25 heavy (non-hydrogen) atoms. The van der Waals surface area contributed by atoms with Crippen LogP contribution in [0.2, 0.25) is 0 Å². The first kappa shape index (κ1) is 17.5. The van der Waals surface area contributed by atoms with E-state index in [9.17, 15) is 4.79 Å². The number of aromatic nitrogens is 2. The van der Waals surface area contributed by atoms with Gasteiger partial charge in [-0.3, -0.25) is 4.79 Å². The molecular formula is C19H26N4O2. The fourth-order valence-electron chi connectivity index (χ4n) is 2.96. The zero-order chi connectivity index (χ0) is 17.5. The molecule has 0 unspecified atom stereocenters. The second-order valence-corrected chi connectivity index (χ2v) is 6.26. The Labute approximate surface area is 148 Å². The molecule has 1 aromatic heterocycles. The molecule has 1 aliphatic rings. The maximum atomic E-state index is 11.5. The van der Waals surface area contributed by atoms with Crippen molar-refractivity contribution in [1.82, 2.24) is 15.3 Å². The molecule has 1 amide bonds. The summed E-state index contributed by atoms with van der Waals surface area (Å²) in [6, 6.07) is 8.42. The molecule has 0 bridgehead atoms. The number of nitrogens with zero attached hydrogens (tertiary/aromatic N) is 2. The van der Waals surface area contributed by atoms with E-state index in [1.54, 1.807) is 0 Å². The molecule has 1 saturated heterocycles. The van der Waals surface area contributed by atoms with E-state index in [1.807, 2.05) is 13.1 Å². The summed E-state index contributed by atoms with van der Waals surface area (Å²) in [5, 5.41) is 2.93. The monoisotopic (exact) mass is 342 g/mol. The van der Waals surface area contributed by atoms with Crippen molar-refractivity contribution in [1.29, 1.82) is 0 Å². The molecule has 2 N–H and O–H groups in total. The molecule has 0 saturated carbocycles. The lowest BCUT2D eigenvalue weighted by molar-refractivity contribution is -0.121. The molecule has 0 radical (unpaired) electrons. The standard InChI is InChI=1S/C19H26N4O2/c1-2-4-18(24)20-8-7-16-14-21-19(22-16)15-5-3-6-17(13-15)23-9-11-25-12-10-23/h3,5-6,13-14H,2,4,7-12H2,1H3,(H,20,24)(H,21,22). The van der Waals surface area contributed by atoms with E-state index in [-0.39, 0.29) is 5.91 Å². The third-order valence-corrected chi connectivity index (χ3v) is 4.32. The zero-order valence-electron chi connectivity index (χ0n) is 14.8. The molecule has 1 aliphatic heterocycles. The van der Waals surface area contributed by atoms with Gasteiger partial charge in [-0.05, 0) is 18.6 Å². The molecule has 0 atom stereocenters. The van der Waals surface area contributed by atoms with Crippen LogP contribution in [0.15, 0.2) is 30.5 Å². The molecule has 3 rings (SSSR count). The van der Waals surface area contributed by atoms with Crippen molar-refractivity contribution in [2.45, 2.75) is 26.2 Å². The van der Waals surface area contributed by atoms with Crippen LogP contribution in [0.25, 0.3) is 11.4 Å². The van der Waals surface area contributed by atoms with E-state index >= 15 is 0 Å². The maximum absolute atomic E-state index is 11.5. The van der Waals surface area contributed by atoms with Crippen LogP contribution >= 0.6 is 0 Å². The Kier molecular flexibility index (Phi) is 6.06. The van der Waals surface area contributed by atoms with E-state index < -0.39 is 0 Å². The molecule has 2 aromatic rings. The number of morpholine rings is 1. The molecule has 134 valence electrons. The van der Waals surface area contributed by atoms with Crippen LogP contribution in [0.4, 0.5) is 5.69 Å². The van der Waals surface area contributed by atoms with Crippen molar-refractivity contribution in [3.63, 3.8) is 0 Å². The van der Waals surface area contributed by atoms with Gasteiger partial charge in [0.15, 0.2) is 0 Å². The molecule has 6 nitrogen and oxygen atoms in total. The third kappa shape index (κ3) is 4.82. The Balaban J connectivity index is 1.61. The first-order valence-electron chi connectivity index (χ1n) is 9.00. The van der Waals surface area contributed by atoms with Gasteiger partial charge >= 0.3 is 0 Å². The summed E-state index contributed by atoms with van der Waals surface area (Å²) in [7, 11) is 0. The van der Waals surface area contributed by atoms with E-state index in [0.29, 0.717) is 13.0 Å². The highest BCUT2D eigenvalue weighted by atomic mass is 16.5. The van der Waals surface area contributed by atoms with E-state index in [0.717, 1.165) is 56.2 Å². The molecule has 1 fully saturated rings. The van der Waals surface area contributed by atoms with Crippen LogP contribution in [0.3, 0.4) is 0 Å². The predicted octanol–water partition coefficient (Wildman–Crippen LogP) is 2.37. The van der Waals surface area contributed by atoms with Crippen LogP contribution < -0.4 is 10.2 Å². The minimum absolute atomic E-state index is 0.112. The Morgan fingerprint density at radius 2 is 2.20 bits per heavy atom. The number of H-pyrrole nitrogens is 1. The number of benzene rings is 1. The summed E-state index contributed by atoms with van der Waals surface area (Å²) in [5.41, 5.74) is 3.31. The third-order valence-electron chi connectivity index (χ3n) is 4.32. The maximum Gasteiger partial charge on any atom is 0.219 e. The Morgan fingerprint density at radius 3 is 3.00 bits per heavy atom. The lowest BCUT2D eigenvalue weighted by Gasteiger charge is -2.29. The van der Waals surface area contributed by atoms with Crippen molar-refractivity contribution in [3.05, 3.63) is 36.2 Å². The van der Waals surface area contributed by atoms with Gasteiger partial charge in [-0.25, -0.2) is 4.98 Å². The first-order valence-corrected chi connectivity index (χ1v) is 9.00. The number of hydrogen-bond donors (Lipinski definition) is 2. The van der Waals surface area contributed by atoms with Crippen molar-refractivity contribution < 1.29 is 9.53 Å². The summed E-state index contributed by atoms with van der Waals surface area (Å²) in [5.74, 6) is 0.977.